The normalized spacial score (nSPS) is 11.4. The molecule has 0 unspecified atom stereocenters. The number of ether oxygens (including phenoxy) is 2. The molecule has 0 spiro atoms. The minimum atomic E-state index is -0.750. The molecule has 154 valence electrons. The quantitative estimate of drug-likeness (QED) is 0.471. The maximum Gasteiger partial charge on any atom is 0.309 e. The zero-order valence-corrected chi connectivity index (χ0v) is 17.0. The smallest absolute Gasteiger partial charge is 0.309 e. The van der Waals surface area contributed by atoms with Gasteiger partial charge in [-0.2, -0.15) is 0 Å². The molecule has 1 N–H and O–H groups in total. The Morgan fingerprint density at radius 1 is 1.07 bits per heavy atom. The van der Waals surface area contributed by atoms with E-state index in [2.05, 4.69) is 9.55 Å². The van der Waals surface area contributed by atoms with Crippen LogP contribution in [-0.4, -0.2) is 33.8 Å². The SMILES string of the molecule is CC(C)(CCCCOc1cccc(OCCCCCn2ccnc2)c1)C(=O)O. The first kappa shape index (κ1) is 21.8. The van der Waals surface area contributed by atoms with Gasteiger partial charge in [-0.1, -0.05) is 6.07 Å². The Kier molecular flexibility index (Phi) is 8.85. The molecule has 0 aliphatic heterocycles. The highest BCUT2D eigenvalue weighted by molar-refractivity contribution is 5.73. The third kappa shape index (κ3) is 8.03. The van der Waals surface area contributed by atoms with E-state index < -0.39 is 11.4 Å². The summed E-state index contributed by atoms with van der Waals surface area (Å²) in [5.41, 5.74) is -0.674. The molecule has 1 aromatic heterocycles. The van der Waals surface area contributed by atoms with Gasteiger partial charge in [0.2, 0.25) is 0 Å². The Labute approximate surface area is 167 Å². The number of nitrogens with zero attached hydrogens (tertiary/aromatic N) is 2. The van der Waals surface area contributed by atoms with Crippen LogP contribution in [0.4, 0.5) is 0 Å². The lowest BCUT2D eigenvalue weighted by Gasteiger charge is -2.18. The lowest BCUT2D eigenvalue weighted by atomic mass is 9.87. The number of carboxylic acid groups (broad SMARTS) is 1. The average Bonchev–Trinajstić information content (AvgIpc) is 3.18. The van der Waals surface area contributed by atoms with Crippen molar-refractivity contribution in [3.05, 3.63) is 43.0 Å². The molecule has 0 amide bonds. The predicted octanol–water partition coefficient (Wildman–Crippen LogP) is 4.79. The fourth-order valence-electron chi connectivity index (χ4n) is 2.80. The summed E-state index contributed by atoms with van der Waals surface area (Å²) in [5.74, 6) is 0.856. The van der Waals surface area contributed by atoms with E-state index in [0.29, 0.717) is 19.6 Å². The van der Waals surface area contributed by atoms with Crippen molar-refractivity contribution in [2.45, 2.75) is 58.9 Å². The maximum absolute atomic E-state index is 11.1. The summed E-state index contributed by atoms with van der Waals surface area (Å²) in [7, 11) is 0. The monoisotopic (exact) mass is 388 g/mol. The van der Waals surface area contributed by atoms with Gasteiger partial charge < -0.3 is 19.1 Å². The minimum absolute atomic E-state index is 0.577. The van der Waals surface area contributed by atoms with Crippen LogP contribution in [0.2, 0.25) is 0 Å². The van der Waals surface area contributed by atoms with Gasteiger partial charge in [0.1, 0.15) is 11.5 Å². The van der Waals surface area contributed by atoms with Crippen molar-refractivity contribution in [3.8, 4) is 11.5 Å². The van der Waals surface area contributed by atoms with E-state index in [1.165, 1.54) is 0 Å². The van der Waals surface area contributed by atoms with Crippen LogP contribution in [-0.2, 0) is 11.3 Å². The van der Waals surface area contributed by atoms with Crippen molar-refractivity contribution >= 4 is 5.97 Å². The van der Waals surface area contributed by atoms with E-state index in [4.69, 9.17) is 14.6 Å². The fraction of sp³-hybridized carbons (Fsp3) is 0.545. The molecule has 28 heavy (non-hydrogen) atoms. The molecule has 0 fully saturated rings. The topological polar surface area (TPSA) is 73.6 Å². The van der Waals surface area contributed by atoms with Gasteiger partial charge in [0.05, 0.1) is 25.0 Å². The van der Waals surface area contributed by atoms with E-state index in [-0.39, 0.29) is 0 Å². The highest BCUT2D eigenvalue weighted by Crippen LogP contribution is 2.24. The fourth-order valence-corrected chi connectivity index (χ4v) is 2.80. The van der Waals surface area contributed by atoms with Gasteiger partial charge >= 0.3 is 5.97 Å². The van der Waals surface area contributed by atoms with Crippen LogP contribution in [0.3, 0.4) is 0 Å². The van der Waals surface area contributed by atoms with Gasteiger partial charge in [0.25, 0.3) is 0 Å². The van der Waals surface area contributed by atoms with E-state index in [9.17, 15) is 4.79 Å². The number of hydrogen-bond acceptors (Lipinski definition) is 4. The lowest BCUT2D eigenvalue weighted by Crippen LogP contribution is -2.23. The van der Waals surface area contributed by atoms with Crippen molar-refractivity contribution in [1.82, 2.24) is 9.55 Å². The number of aromatic nitrogens is 2. The third-order valence-electron chi connectivity index (χ3n) is 4.74. The molecule has 0 radical (unpaired) electrons. The molecule has 0 aliphatic rings. The first-order valence-electron chi connectivity index (χ1n) is 10.0. The van der Waals surface area contributed by atoms with E-state index in [0.717, 1.165) is 50.1 Å². The van der Waals surface area contributed by atoms with Crippen LogP contribution >= 0.6 is 0 Å². The van der Waals surface area contributed by atoms with E-state index in [1.807, 2.05) is 36.8 Å². The van der Waals surface area contributed by atoms with Gasteiger partial charge in [-0.3, -0.25) is 4.79 Å². The summed E-state index contributed by atoms with van der Waals surface area (Å²) in [6.07, 6.45) is 11.2. The molecule has 6 heteroatoms. The standard InChI is InChI=1S/C22H32N2O4/c1-22(2,21(25)26)11-4-7-16-28-20-10-8-9-19(17-20)27-15-6-3-5-13-24-14-12-23-18-24/h8-10,12,14,17-18H,3-7,11,13,15-16H2,1-2H3,(H,25,26). The zero-order valence-electron chi connectivity index (χ0n) is 17.0. The number of aryl methyl sites for hydroxylation is 1. The second kappa shape index (κ2) is 11.4. The number of carboxylic acids is 1. The van der Waals surface area contributed by atoms with Gasteiger partial charge in [-0.25, -0.2) is 4.98 Å². The maximum atomic E-state index is 11.1. The number of benzene rings is 1. The first-order valence-corrected chi connectivity index (χ1v) is 10.0. The summed E-state index contributed by atoms with van der Waals surface area (Å²) in [6.45, 7) is 5.78. The van der Waals surface area contributed by atoms with Crippen LogP contribution in [0.1, 0.15) is 52.4 Å². The molecule has 0 atom stereocenters. The second-order valence-corrected chi connectivity index (χ2v) is 7.68. The molecule has 0 aliphatic carbocycles. The Morgan fingerprint density at radius 3 is 2.36 bits per heavy atom. The number of hydrogen-bond donors (Lipinski definition) is 1. The van der Waals surface area contributed by atoms with Gasteiger partial charge in [0, 0.05) is 25.0 Å². The average molecular weight is 389 g/mol. The number of imidazole rings is 1. The van der Waals surface area contributed by atoms with Gasteiger partial charge in [0.15, 0.2) is 0 Å². The van der Waals surface area contributed by atoms with Crippen LogP contribution in [0.5, 0.6) is 11.5 Å². The summed E-state index contributed by atoms with van der Waals surface area (Å²) in [5, 5.41) is 9.12. The third-order valence-corrected chi connectivity index (χ3v) is 4.74. The van der Waals surface area contributed by atoms with Gasteiger partial charge in [-0.05, 0) is 64.5 Å². The van der Waals surface area contributed by atoms with Gasteiger partial charge in [-0.15, -0.1) is 0 Å². The molecule has 2 rings (SSSR count). The molecular formula is C22H32N2O4. The molecule has 0 bridgehead atoms. The Balaban J connectivity index is 1.57. The summed E-state index contributed by atoms with van der Waals surface area (Å²) >= 11 is 0. The predicted molar refractivity (Wildman–Crippen MR) is 109 cm³/mol. The number of carbonyl (C=O) groups is 1. The summed E-state index contributed by atoms with van der Waals surface area (Å²) in [4.78, 5) is 15.1. The van der Waals surface area contributed by atoms with E-state index >= 15 is 0 Å². The summed E-state index contributed by atoms with van der Waals surface area (Å²) in [6, 6.07) is 7.69. The highest BCUT2D eigenvalue weighted by Gasteiger charge is 2.25. The molecule has 0 saturated carbocycles. The summed E-state index contributed by atoms with van der Waals surface area (Å²) < 4.78 is 13.7. The molecule has 1 heterocycles. The molecular weight excluding hydrogens is 356 g/mol. The van der Waals surface area contributed by atoms with Crippen LogP contribution in [0, 0.1) is 5.41 Å². The van der Waals surface area contributed by atoms with Crippen molar-refractivity contribution in [3.63, 3.8) is 0 Å². The Hall–Kier alpha value is -2.50. The number of rotatable bonds is 14. The zero-order chi connectivity index (χ0) is 20.2. The van der Waals surface area contributed by atoms with Crippen molar-refractivity contribution in [2.24, 2.45) is 5.41 Å². The van der Waals surface area contributed by atoms with Crippen molar-refractivity contribution < 1.29 is 19.4 Å². The van der Waals surface area contributed by atoms with E-state index in [1.54, 1.807) is 20.0 Å². The van der Waals surface area contributed by atoms with Crippen LogP contribution in [0.25, 0.3) is 0 Å². The molecule has 2 aromatic rings. The number of aliphatic carboxylic acids is 1. The van der Waals surface area contributed by atoms with Crippen LogP contribution in [0.15, 0.2) is 43.0 Å². The molecule has 1 aromatic carbocycles. The molecule has 0 saturated heterocycles. The lowest BCUT2D eigenvalue weighted by molar-refractivity contribution is -0.147. The first-order chi connectivity index (χ1) is 13.5. The highest BCUT2D eigenvalue weighted by atomic mass is 16.5. The van der Waals surface area contributed by atoms with Crippen LogP contribution < -0.4 is 9.47 Å². The Bertz CT molecular complexity index is 698. The Morgan fingerprint density at radius 2 is 1.75 bits per heavy atom. The largest absolute Gasteiger partial charge is 0.493 e. The second-order valence-electron chi connectivity index (χ2n) is 7.68. The van der Waals surface area contributed by atoms with Crippen molar-refractivity contribution in [1.29, 1.82) is 0 Å². The number of unbranched alkanes of at least 4 members (excludes halogenated alkanes) is 3. The van der Waals surface area contributed by atoms with Crippen molar-refractivity contribution in [2.75, 3.05) is 13.2 Å². The minimum Gasteiger partial charge on any atom is -0.493 e. The molecule has 6 nitrogen and oxygen atoms in total.